The van der Waals surface area contributed by atoms with E-state index in [0.717, 1.165) is 14.8 Å². The number of thiophene rings is 1. The Balaban J connectivity index is 1.29. The predicted molar refractivity (Wildman–Crippen MR) is 127 cm³/mol. The van der Waals surface area contributed by atoms with Crippen LogP contribution in [0.1, 0.15) is 26.4 Å². The van der Waals surface area contributed by atoms with Gasteiger partial charge in [0.1, 0.15) is 5.01 Å². The van der Waals surface area contributed by atoms with Gasteiger partial charge < -0.3 is 5.32 Å². The lowest BCUT2D eigenvalue weighted by atomic mass is 10.1. The molecule has 1 aliphatic heterocycles. The van der Waals surface area contributed by atoms with E-state index in [4.69, 9.17) is 11.6 Å². The third kappa shape index (κ3) is 3.73. The summed E-state index contributed by atoms with van der Waals surface area (Å²) in [5, 5.41) is 7.71. The molecule has 0 radical (unpaired) electrons. The van der Waals surface area contributed by atoms with Gasteiger partial charge in [-0.3, -0.25) is 14.4 Å². The standard InChI is InChI=1S/C23H14ClN3O3S2/c24-17-10-13(25-20(28)11-14-12-32-21(26-14)19-6-3-9-31-19)7-8-18(17)27-22(29)15-4-1-2-5-16(15)23(27)30/h1-10,12H,11H2,(H,25,28). The highest BCUT2D eigenvalue weighted by atomic mass is 35.5. The zero-order chi connectivity index (χ0) is 22.2. The maximum atomic E-state index is 12.7. The SMILES string of the molecule is O=C(Cc1csc(-c2cccs2)n1)Nc1ccc(N2C(=O)c3ccccc3C2=O)c(Cl)c1. The molecule has 4 aromatic rings. The van der Waals surface area contributed by atoms with E-state index in [1.165, 1.54) is 17.4 Å². The van der Waals surface area contributed by atoms with Gasteiger partial charge >= 0.3 is 0 Å². The molecule has 9 heteroatoms. The van der Waals surface area contributed by atoms with Crippen LogP contribution in [0, 0.1) is 0 Å². The van der Waals surface area contributed by atoms with E-state index in [2.05, 4.69) is 10.3 Å². The number of rotatable bonds is 5. The Bertz CT molecular complexity index is 1330. The second kappa shape index (κ2) is 8.31. The average Bonchev–Trinajstić information content (AvgIpc) is 3.51. The maximum Gasteiger partial charge on any atom is 0.266 e. The van der Waals surface area contributed by atoms with Crippen molar-refractivity contribution in [1.29, 1.82) is 0 Å². The van der Waals surface area contributed by atoms with Gasteiger partial charge in [-0.25, -0.2) is 9.88 Å². The van der Waals surface area contributed by atoms with Crippen LogP contribution in [0.4, 0.5) is 11.4 Å². The lowest BCUT2D eigenvalue weighted by molar-refractivity contribution is -0.115. The number of halogens is 1. The van der Waals surface area contributed by atoms with Crippen molar-refractivity contribution < 1.29 is 14.4 Å². The van der Waals surface area contributed by atoms with Crippen LogP contribution in [0.15, 0.2) is 65.4 Å². The van der Waals surface area contributed by atoms with Crippen LogP contribution in [0.2, 0.25) is 5.02 Å². The molecule has 0 unspecified atom stereocenters. The molecule has 0 aliphatic carbocycles. The Morgan fingerprint density at radius 1 is 1.00 bits per heavy atom. The Kier molecular flexibility index (Phi) is 5.34. The molecule has 3 amide bonds. The van der Waals surface area contributed by atoms with Gasteiger partial charge in [0.25, 0.3) is 11.8 Å². The third-order valence-electron chi connectivity index (χ3n) is 4.89. The summed E-state index contributed by atoms with van der Waals surface area (Å²) in [7, 11) is 0. The second-order valence-corrected chi connectivity index (χ2v) is 9.22. The molecule has 32 heavy (non-hydrogen) atoms. The van der Waals surface area contributed by atoms with Crippen molar-refractivity contribution in [2.45, 2.75) is 6.42 Å². The number of carbonyl (C=O) groups excluding carboxylic acids is 3. The summed E-state index contributed by atoms with van der Waals surface area (Å²) < 4.78 is 0. The fourth-order valence-electron chi connectivity index (χ4n) is 3.45. The molecular formula is C23H14ClN3O3S2. The normalized spacial score (nSPS) is 12.8. The molecule has 0 saturated heterocycles. The number of thiazole rings is 1. The van der Waals surface area contributed by atoms with Crippen LogP contribution < -0.4 is 10.2 Å². The van der Waals surface area contributed by atoms with Crippen LogP contribution >= 0.6 is 34.3 Å². The van der Waals surface area contributed by atoms with E-state index in [9.17, 15) is 14.4 Å². The van der Waals surface area contributed by atoms with E-state index in [0.29, 0.717) is 22.5 Å². The number of hydrogen-bond acceptors (Lipinski definition) is 6. The largest absolute Gasteiger partial charge is 0.326 e. The van der Waals surface area contributed by atoms with Crippen molar-refractivity contribution in [3.63, 3.8) is 0 Å². The monoisotopic (exact) mass is 479 g/mol. The van der Waals surface area contributed by atoms with Crippen molar-refractivity contribution in [3.05, 3.63) is 87.2 Å². The number of carbonyl (C=O) groups is 3. The molecule has 0 spiro atoms. The fourth-order valence-corrected chi connectivity index (χ4v) is 5.34. The van der Waals surface area contributed by atoms with Crippen molar-refractivity contribution in [2.24, 2.45) is 0 Å². The van der Waals surface area contributed by atoms with E-state index in [1.54, 1.807) is 47.7 Å². The number of nitrogens with one attached hydrogen (secondary N) is 1. The number of nitrogens with zero attached hydrogens (tertiary/aromatic N) is 2. The minimum atomic E-state index is -0.422. The molecule has 2 aromatic carbocycles. The van der Waals surface area contributed by atoms with Crippen LogP contribution in [0.25, 0.3) is 9.88 Å². The van der Waals surface area contributed by atoms with Crippen molar-refractivity contribution in [1.82, 2.24) is 4.98 Å². The summed E-state index contributed by atoms with van der Waals surface area (Å²) in [6.07, 6.45) is 0.125. The van der Waals surface area contributed by atoms with Gasteiger partial charge in [0.2, 0.25) is 5.91 Å². The quantitative estimate of drug-likeness (QED) is 0.383. The van der Waals surface area contributed by atoms with Gasteiger partial charge in [0.15, 0.2) is 0 Å². The van der Waals surface area contributed by atoms with Gasteiger partial charge in [-0.2, -0.15) is 0 Å². The topological polar surface area (TPSA) is 79.4 Å². The molecule has 3 heterocycles. The first-order valence-electron chi connectivity index (χ1n) is 9.57. The smallest absolute Gasteiger partial charge is 0.266 e. The van der Waals surface area contributed by atoms with Crippen LogP contribution in [-0.2, 0) is 11.2 Å². The van der Waals surface area contributed by atoms with Crippen molar-refractivity contribution >= 4 is 63.4 Å². The molecule has 0 fully saturated rings. The van der Waals surface area contributed by atoms with Crippen LogP contribution in [0.3, 0.4) is 0 Å². The zero-order valence-corrected chi connectivity index (χ0v) is 18.8. The molecule has 1 N–H and O–H groups in total. The maximum absolute atomic E-state index is 12.7. The summed E-state index contributed by atoms with van der Waals surface area (Å²) in [4.78, 5) is 44.5. The first-order chi connectivity index (χ1) is 15.5. The molecule has 5 rings (SSSR count). The number of fused-ring (bicyclic) bond motifs is 1. The number of amides is 3. The van der Waals surface area contributed by atoms with Crippen LogP contribution in [-0.4, -0.2) is 22.7 Å². The molecule has 158 valence electrons. The fraction of sp³-hybridized carbons (Fsp3) is 0.0435. The molecule has 1 aliphatic rings. The number of hydrogen-bond donors (Lipinski definition) is 1. The number of imide groups is 1. The summed E-state index contributed by atoms with van der Waals surface area (Å²) in [6.45, 7) is 0. The second-order valence-electron chi connectivity index (χ2n) is 7.00. The molecule has 0 atom stereocenters. The molecular weight excluding hydrogens is 466 g/mol. The summed E-state index contributed by atoms with van der Waals surface area (Å²) in [6, 6.07) is 15.3. The number of benzene rings is 2. The first kappa shape index (κ1) is 20.6. The Morgan fingerprint density at radius 2 is 1.75 bits per heavy atom. The number of anilines is 2. The average molecular weight is 480 g/mol. The summed E-state index contributed by atoms with van der Waals surface area (Å²) in [5.74, 6) is -1.08. The Hall–Kier alpha value is -3.33. The Labute approximate surface area is 196 Å². The van der Waals surface area contributed by atoms with E-state index in [-0.39, 0.29) is 23.0 Å². The van der Waals surface area contributed by atoms with Gasteiger partial charge in [-0.15, -0.1) is 22.7 Å². The lowest BCUT2D eigenvalue weighted by Gasteiger charge is -2.16. The highest BCUT2D eigenvalue weighted by Gasteiger charge is 2.37. The molecule has 0 bridgehead atoms. The Morgan fingerprint density at radius 3 is 2.41 bits per heavy atom. The van der Waals surface area contributed by atoms with E-state index >= 15 is 0 Å². The lowest BCUT2D eigenvalue weighted by Crippen LogP contribution is -2.29. The van der Waals surface area contributed by atoms with Crippen molar-refractivity contribution in [2.75, 3.05) is 10.2 Å². The summed E-state index contributed by atoms with van der Waals surface area (Å²) in [5.41, 5.74) is 2.11. The zero-order valence-electron chi connectivity index (χ0n) is 16.4. The third-order valence-corrected chi connectivity index (χ3v) is 7.12. The highest BCUT2D eigenvalue weighted by molar-refractivity contribution is 7.20. The minimum absolute atomic E-state index is 0.125. The molecule has 6 nitrogen and oxygen atoms in total. The van der Waals surface area contributed by atoms with Gasteiger partial charge in [0, 0.05) is 11.1 Å². The predicted octanol–water partition coefficient (Wildman–Crippen LogP) is 5.51. The van der Waals surface area contributed by atoms with E-state index < -0.39 is 11.8 Å². The number of aromatic nitrogens is 1. The molecule has 0 saturated carbocycles. The minimum Gasteiger partial charge on any atom is -0.326 e. The van der Waals surface area contributed by atoms with Gasteiger partial charge in [-0.1, -0.05) is 29.8 Å². The van der Waals surface area contributed by atoms with Gasteiger partial charge in [0.05, 0.1) is 38.8 Å². The highest BCUT2D eigenvalue weighted by Crippen LogP contribution is 2.35. The summed E-state index contributed by atoms with van der Waals surface area (Å²) >= 11 is 9.48. The molecule has 2 aromatic heterocycles. The van der Waals surface area contributed by atoms with Crippen molar-refractivity contribution in [3.8, 4) is 9.88 Å². The first-order valence-corrected chi connectivity index (χ1v) is 11.7. The van der Waals surface area contributed by atoms with E-state index in [1.807, 2.05) is 22.9 Å². The van der Waals surface area contributed by atoms with Gasteiger partial charge in [-0.05, 0) is 41.8 Å². The van der Waals surface area contributed by atoms with Crippen LogP contribution in [0.5, 0.6) is 0 Å².